The summed E-state index contributed by atoms with van der Waals surface area (Å²) in [5.74, 6) is 0.402. The molecule has 1 saturated heterocycles. The number of fused-ring (bicyclic) bond motifs is 1. The number of methoxy groups -OCH3 is 1. The molecule has 7 atom stereocenters. The van der Waals surface area contributed by atoms with Crippen molar-refractivity contribution in [3.63, 3.8) is 0 Å². The lowest BCUT2D eigenvalue weighted by molar-refractivity contribution is -0.129. The monoisotopic (exact) mass is 604 g/mol. The maximum absolute atomic E-state index is 13.6. The minimum absolute atomic E-state index is 0.0868. The molecule has 5 nitrogen and oxygen atoms in total. The van der Waals surface area contributed by atoms with E-state index in [9.17, 15) is 4.79 Å². The van der Waals surface area contributed by atoms with Crippen LogP contribution in [0.2, 0.25) is 0 Å². The molecule has 1 aromatic carbocycles. The Hall–Kier alpha value is -2.66. The Kier molecular flexibility index (Phi) is 13.1. The van der Waals surface area contributed by atoms with Crippen molar-refractivity contribution in [2.24, 2.45) is 28.2 Å². The number of unbranched alkanes of at least 4 members (excludes halogenated alkanes) is 2. The maximum Gasteiger partial charge on any atom is 0.146 e. The first-order valence-electron chi connectivity index (χ1n) is 17.0. The molecule has 1 N–H and O–H groups in total. The van der Waals surface area contributed by atoms with Crippen molar-refractivity contribution in [3.05, 3.63) is 71.2 Å². The van der Waals surface area contributed by atoms with Crippen LogP contribution in [0.15, 0.2) is 70.6 Å². The fraction of sp³-hybridized carbons (Fsp3) is 0.641. The zero-order chi connectivity index (χ0) is 32.5. The van der Waals surface area contributed by atoms with Gasteiger partial charge in [-0.05, 0) is 101 Å². The number of carbonyl (C=O) groups is 1. The van der Waals surface area contributed by atoms with Gasteiger partial charge in [0.05, 0.1) is 17.3 Å². The molecular weight excluding hydrogens is 544 g/mol. The van der Waals surface area contributed by atoms with Crippen molar-refractivity contribution in [2.75, 3.05) is 13.7 Å². The third kappa shape index (κ3) is 8.96. The summed E-state index contributed by atoms with van der Waals surface area (Å²) in [7, 11) is 1.77. The van der Waals surface area contributed by atoms with Gasteiger partial charge in [0.25, 0.3) is 0 Å². The van der Waals surface area contributed by atoms with Crippen LogP contribution in [0.1, 0.15) is 106 Å². The molecule has 2 unspecified atom stereocenters. The Morgan fingerprint density at radius 3 is 2.39 bits per heavy atom. The number of Topliss-reactive ketones (excluding diaryl/α,β-unsaturated/α-hetero) is 1. The van der Waals surface area contributed by atoms with Crippen LogP contribution in [-0.2, 0) is 20.7 Å². The lowest BCUT2D eigenvalue weighted by atomic mass is 9.73. The van der Waals surface area contributed by atoms with Crippen LogP contribution < -0.4 is 5.32 Å². The van der Waals surface area contributed by atoms with Crippen LogP contribution in [-0.4, -0.2) is 43.4 Å². The van der Waals surface area contributed by atoms with Gasteiger partial charge >= 0.3 is 0 Å². The summed E-state index contributed by atoms with van der Waals surface area (Å²) in [5.41, 5.74) is 4.48. The van der Waals surface area contributed by atoms with Gasteiger partial charge in [0.2, 0.25) is 0 Å². The van der Waals surface area contributed by atoms with Crippen LogP contribution in [0, 0.1) is 23.2 Å². The third-order valence-electron chi connectivity index (χ3n) is 10.2. The molecule has 3 rings (SSSR count). The summed E-state index contributed by atoms with van der Waals surface area (Å²) < 4.78 is 12.8. The van der Waals surface area contributed by atoms with Gasteiger partial charge in [0.1, 0.15) is 11.9 Å². The molecule has 0 bridgehead atoms. The van der Waals surface area contributed by atoms with E-state index in [4.69, 9.17) is 14.5 Å². The van der Waals surface area contributed by atoms with Gasteiger partial charge in [-0.25, -0.2) is 0 Å². The van der Waals surface area contributed by atoms with E-state index in [2.05, 4.69) is 89.8 Å². The Balaban J connectivity index is 1.93. The highest BCUT2D eigenvalue weighted by Crippen LogP contribution is 2.47. The number of allylic oxidation sites excluding steroid dienone is 4. The fourth-order valence-electron chi connectivity index (χ4n) is 7.68. The molecule has 1 fully saturated rings. The molecule has 0 amide bonds. The van der Waals surface area contributed by atoms with E-state index in [-0.39, 0.29) is 35.1 Å². The maximum atomic E-state index is 13.6. The van der Waals surface area contributed by atoms with Gasteiger partial charge in [0, 0.05) is 42.9 Å². The molecule has 0 radical (unpaired) electrons. The fourth-order valence-corrected chi connectivity index (χ4v) is 7.68. The molecular formula is C39H60N2O3. The topological polar surface area (TPSA) is 59.9 Å². The minimum atomic E-state index is -0.452. The predicted molar refractivity (Wildman–Crippen MR) is 185 cm³/mol. The van der Waals surface area contributed by atoms with Crippen LogP contribution in [0.4, 0.5) is 0 Å². The first-order valence-corrected chi connectivity index (χ1v) is 17.0. The number of ketones is 1. The van der Waals surface area contributed by atoms with E-state index in [1.54, 1.807) is 7.11 Å². The van der Waals surface area contributed by atoms with Gasteiger partial charge in [0.15, 0.2) is 0 Å². The van der Waals surface area contributed by atoms with Crippen molar-refractivity contribution < 1.29 is 14.3 Å². The van der Waals surface area contributed by atoms with Gasteiger partial charge in [-0.15, -0.1) is 0 Å². The Morgan fingerprint density at radius 1 is 1.05 bits per heavy atom. The van der Waals surface area contributed by atoms with Crippen LogP contribution in [0.3, 0.4) is 0 Å². The number of rotatable bonds is 9. The van der Waals surface area contributed by atoms with Gasteiger partial charge in [-0.1, -0.05) is 71.0 Å². The Bertz CT molecular complexity index is 1200. The second-order valence-electron chi connectivity index (χ2n) is 14.1. The first-order chi connectivity index (χ1) is 20.8. The average Bonchev–Trinajstić information content (AvgIpc) is 3.32. The number of nitrogens with zero attached hydrogens (tertiary/aromatic N) is 1. The lowest BCUT2D eigenvalue weighted by Crippen LogP contribution is -2.39. The largest absolute Gasteiger partial charge is 0.494 e. The molecule has 0 spiro atoms. The van der Waals surface area contributed by atoms with E-state index < -0.39 is 5.60 Å². The zero-order valence-corrected chi connectivity index (χ0v) is 29.2. The number of hydrogen-bond acceptors (Lipinski definition) is 5. The molecule has 2 aliphatic heterocycles. The summed E-state index contributed by atoms with van der Waals surface area (Å²) in [4.78, 5) is 18.4. The number of hydrogen-bond donors (Lipinski definition) is 1. The second-order valence-corrected chi connectivity index (χ2v) is 14.1. The first kappa shape index (κ1) is 35.8. The highest BCUT2D eigenvalue weighted by Gasteiger charge is 2.47. The molecule has 5 heteroatoms. The molecule has 2 heterocycles. The quantitative estimate of drug-likeness (QED) is 0.226. The van der Waals surface area contributed by atoms with Crippen molar-refractivity contribution >= 4 is 12.0 Å². The third-order valence-corrected chi connectivity index (χ3v) is 10.2. The van der Waals surface area contributed by atoms with Crippen molar-refractivity contribution in [2.45, 2.75) is 125 Å². The summed E-state index contributed by atoms with van der Waals surface area (Å²) in [6.45, 7) is 22.5. The number of nitrogens with one attached hydrogen (secondary N) is 1. The number of ether oxygens (including phenoxy) is 2. The van der Waals surface area contributed by atoms with E-state index in [1.165, 1.54) is 35.2 Å². The number of aliphatic imine (C=N–C) groups is 1. The lowest BCUT2D eigenvalue weighted by Gasteiger charge is -2.39. The Labute approximate surface area is 268 Å². The van der Waals surface area contributed by atoms with Crippen LogP contribution in [0.5, 0.6) is 0 Å². The molecule has 2 aliphatic rings. The molecule has 0 saturated carbocycles. The predicted octanol–water partition coefficient (Wildman–Crippen LogP) is 9.04. The second kappa shape index (κ2) is 16.1. The molecule has 44 heavy (non-hydrogen) atoms. The van der Waals surface area contributed by atoms with Crippen molar-refractivity contribution in [1.82, 2.24) is 5.32 Å². The van der Waals surface area contributed by atoms with Crippen LogP contribution >= 0.6 is 0 Å². The van der Waals surface area contributed by atoms with E-state index in [0.717, 1.165) is 38.6 Å². The highest BCUT2D eigenvalue weighted by atomic mass is 16.5. The molecule has 244 valence electrons. The van der Waals surface area contributed by atoms with Gasteiger partial charge < -0.3 is 14.8 Å². The van der Waals surface area contributed by atoms with E-state index in [0.29, 0.717) is 18.2 Å². The number of carbonyl (C=O) groups excluding carboxylic acids is 1. The van der Waals surface area contributed by atoms with Crippen LogP contribution in [0.25, 0.3) is 0 Å². The Morgan fingerprint density at radius 2 is 1.73 bits per heavy atom. The molecule has 0 aliphatic carbocycles. The summed E-state index contributed by atoms with van der Waals surface area (Å²) in [5, 5.41) is 3.84. The summed E-state index contributed by atoms with van der Waals surface area (Å²) in [6.07, 6.45) is 12.0. The normalized spacial score (nSPS) is 34.9. The van der Waals surface area contributed by atoms with Gasteiger partial charge in [-0.2, -0.15) is 0 Å². The molecule has 1 aromatic rings. The zero-order valence-electron chi connectivity index (χ0n) is 29.2. The van der Waals surface area contributed by atoms with E-state index >= 15 is 0 Å². The van der Waals surface area contributed by atoms with Gasteiger partial charge in [-0.3, -0.25) is 9.79 Å². The molecule has 0 aromatic heterocycles. The number of aryl methyl sites for hydroxylation is 1. The average molecular weight is 605 g/mol. The number of benzene rings is 1. The highest BCUT2D eigenvalue weighted by molar-refractivity contribution is 5.85. The minimum Gasteiger partial charge on any atom is -0.494 e. The SMILES string of the molecule is C=C1O[C@H](CC)[C@@]2(C)CC(C)N/C2=C(C)/C(=C/C=NCCCCCc2ccccc2)[C@H](C)C[C@@](C)(OC)C[C@@H](C)C(=O)C1C. The smallest absolute Gasteiger partial charge is 0.146 e. The van der Waals surface area contributed by atoms with Crippen molar-refractivity contribution in [3.8, 4) is 0 Å². The summed E-state index contributed by atoms with van der Waals surface area (Å²) in [6, 6.07) is 11.0. The van der Waals surface area contributed by atoms with E-state index in [1.807, 2.05) is 20.1 Å². The standard InChI is InChI=1S/C39H60N2O3/c1-11-35-39(9)26-29(4)41-37(39)31(6)34(21-23-40-22-17-13-16-20-33-18-14-12-15-19-33)27(2)24-38(8,43-10)25-28(3)36(42)30(5)32(7)44-35/h12,14-15,18-19,21,23,27-30,35,41H,7,11,13,16-17,20,22,24-26H2,1-6,8-10H3/b34-21+,37-31+,40-23?/t27-,28-,29?,30?,35-,38-,39-/m1/s1. The summed E-state index contributed by atoms with van der Waals surface area (Å²) >= 11 is 0. The van der Waals surface area contributed by atoms with Crippen molar-refractivity contribution in [1.29, 1.82) is 0 Å².